The van der Waals surface area contributed by atoms with Crippen molar-refractivity contribution in [1.29, 1.82) is 0 Å². The minimum absolute atomic E-state index is 0.843. The predicted molar refractivity (Wildman–Crippen MR) is 81.3 cm³/mol. The predicted octanol–water partition coefficient (Wildman–Crippen LogP) is 3.04. The first-order valence-electron chi connectivity index (χ1n) is 7.24. The van der Waals surface area contributed by atoms with Crippen LogP contribution in [0.3, 0.4) is 0 Å². The number of benzene rings is 1. The molecule has 0 N–H and O–H groups in total. The maximum absolute atomic E-state index is 11.7. The summed E-state index contributed by atoms with van der Waals surface area (Å²) < 4.78 is 0. The summed E-state index contributed by atoms with van der Waals surface area (Å²) in [4.78, 5) is 18.9. The molecule has 3 rings (SSSR count). The molecule has 0 bridgehead atoms. The number of hydrogen-bond acceptors (Lipinski definition) is 3. The van der Waals surface area contributed by atoms with Crippen LogP contribution in [0.1, 0.15) is 39.7 Å². The molecule has 1 aromatic carbocycles. The SMILES string of the molecule is CCN1CCc2nc3c(C)cc(C)cc3c(C=O)c2C1. The zero-order chi connectivity index (χ0) is 14.3. The van der Waals surface area contributed by atoms with Gasteiger partial charge >= 0.3 is 0 Å². The third kappa shape index (κ3) is 2.02. The van der Waals surface area contributed by atoms with Crippen molar-refractivity contribution < 1.29 is 4.79 Å². The standard InChI is InChI=1S/C17H20N2O/c1-4-19-6-5-16-14(9-19)15(10-20)13-8-11(2)7-12(3)17(13)18-16/h7-8,10H,4-6,9H2,1-3H3. The molecule has 0 amide bonds. The van der Waals surface area contributed by atoms with Gasteiger partial charge in [0.1, 0.15) is 0 Å². The molecule has 0 unspecified atom stereocenters. The quantitative estimate of drug-likeness (QED) is 0.785. The Kier molecular flexibility index (Phi) is 3.30. The van der Waals surface area contributed by atoms with Crippen LogP contribution in [0.5, 0.6) is 0 Å². The number of carbonyl (C=O) groups excluding carboxylic acids is 1. The van der Waals surface area contributed by atoms with Crippen LogP contribution in [0, 0.1) is 13.8 Å². The maximum atomic E-state index is 11.7. The van der Waals surface area contributed by atoms with Gasteiger partial charge in [-0.1, -0.05) is 18.6 Å². The Morgan fingerprint density at radius 1 is 1.35 bits per heavy atom. The highest BCUT2D eigenvalue weighted by atomic mass is 16.1. The number of rotatable bonds is 2. The largest absolute Gasteiger partial charge is 0.299 e. The molecule has 3 nitrogen and oxygen atoms in total. The van der Waals surface area contributed by atoms with Crippen LogP contribution < -0.4 is 0 Å². The lowest BCUT2D eigenvalue weighted by atomic mass is 9.94. The fourth-order valence-corrected chi connectivity index (χ4v) is 3.19. The van der Waals surface area contributed by atoms with Crippen LogP contribution in [0.2, 0.25) is 0 Å². The zero-order valence-corrected chi connectivity index (χ0v) is 12.4. The van der Waals surface area contributed by atoms with Gasteiger partial charge in [-0.15, -0.1) is 0 Å². The molecule has 1 aromatic heterocycles. The third-order valence-corrected chi connectivity index (χ3v) is 4.27. The molecule has 1 aliphatic rings. The van der Waals surface area contributed by atoms with Crippen LogP contribution in [0.4, 0.5) is 0 Å². The Balaban J connectivity index is 2.31. The molecule has 0 spiro atoms. The molecule has 0 atom stereocenters. The average molecular weight is 268 g/mol. The molecule has 0 aliphatic carbocycles. The second-order valence-corrected chi connectivity index (χ2v) is 5.67. The van der Waals surface area contributed by atoms with E-state index in [9.17, 15) is 4.79 Å². The van der Waals surface area contributed by atoms with Gasteiger partial charge in [-0.25, -0.2) is 0 Å². The summed E-state index contributed by atoms with van der Waals surface area (Å²) in [5.74, 6) is 0. The van der Waals surface area contributed by atoms with E-state index in [2.05, 4.69) is 37.8 Å². The van der Waals surface area contributed by atoms with Crippen molar-refractivity contribution in [2.75, 3.05) is 13.1 Å². The number of aryl methyl sites for hydroxylation is 2. The second kappa shape index (κ2) is 4.98. The Morgan fingerprint density at radius 2 is 2.15 bits per heavy atom. The number of hydrogen-bond donors (Lipinski definition) is 0. The van der Waals surface area contributed by atoms with Gasteiger partial charge < -0.3 is 0 Å². The summed E-state index contributed by atoms with van der Waals surface area (Å²) in [5.41, 5.74) is 6.41. The molecule has 20 heavy (non-hydrogen) atoms. The molecule has 104 valence electrons. The summed E-state index contributed by atoms with van der Waals surface area (Å²) in [6.07, 6.45) is 1.95. The highest BCUT2D eigenvalue weighted by Crippen LogP contribution is 2.29. The van der Waals surface area contributed by atoms with Gasteiger partial charge in [-0.2, -0.15) is 0 Å². The monoisotopic (exact) mass is 268 g/mol. The highest BCUT2D eigenvalue weighted by molar-refractivity contribution is 5.99. The Bertz CT molecular complexity index is 691. The smallest absolute Gasteiger partial charge is 0.151 e. The van der Waals surface area contributed by atoms with E-state index in [0.29, 0.717) is 0 Å². The molecule has 0 radical (unpaired) electrons. The second-order valence-electron chi connectivity index (χ2n) is 5.67. The van der Waals surface area contributed by atoms with E-state index in [1.165, 1.54) is 5.56 Å². The molecular weight excluding hydrogens is 248 g/mol. The number of likely N-dealkylation sites (N-methyl/N-ethyl adjacent to an activating group) is 1. The number of pyridine rings is 1. The van der Waals surface area contributed by atoms with Crippen molar-refractivity contribution in [3.05, 3.63) is 40.1 Å². The van der Waals surface area contributed by atoms with Crippen molar-refractivity contribution in [3.8, 4) is 0 Å². The number of fused-ring (bicyclic) bond motifs is 2. The van der Waals surface area contributed by atoms with Crippen molar-refractivity contribution in [2.45, 2.75) is 33.7 Å². The lowest BCUT2D eigenvalue weighted by molar-refractivity contribution is 0.112. The Morgan fingerprint density at radius 3 is 2.85 bits per heavy atom. The molecule has 0 saturated heterocycles. The number of aromatic nitrogens is 1. The van der Waals surface area contributed by atoms with Gasteiger partial charge in [0.2, 0.25) is 0 Å². The minimum Gasteiger partial charge on any atom is -0.299 e. The van der Waals surface area contributed by atoms with Gasteiger partial charge in [-0.05, 0) is 37.6 Å². The Labute approximate surface area is 119 Å². The fourth-order valence-electron chi connectivity index (χ4n) is 3.19. The van der Waals surface area contributed by atoms with Gasteiger partial charge in [-0.3, -0.25) is 14.7 Å². The summed E-state index contributed by atoms with van der Waals surface area (Å²) in [5, 5.41) is 1.01. The van der Waals surface area contributed by atoms with Crippen LogP contribution in [-0.2, 0) is 13.0 Å². The van der Waals surface area contributed by atoms with Crippen LogP contribution >= 0.6 is 0 Å². The molecule has 2 aromatic rings. The van der Waals surface area contributed by atoms with Gasteiger partial charge in [0, 0.05) is 36.2 Å². The topological polar surface area (TPSA) is 33.2 Å². The average Bonchev–Trinajstić information content (AvgIpc) is 2.44. The van der Waals surface area contributed by atoms with Gasteiger partial charge in [0.05, 0.1) is 5.52 Å². The number of carbonyl (C=O) groups is 1. The van der Waals surface area contributed by atoms with Crippen LogP contribution in [0.15, 0.2) is 12.1 Å². The summed E-state index contributed by atoms with van der Waals surface area (Å²) in [6, 6.07) is 4.22. The van der Waals surface area contributed by atoms with Gasteiger partial charge in [0.15, 0.2) is 6.29 Å². The number of aldehydes is 1. The molecule has 2 heterocycles. The molecule has 3 heteroatoms. The lowest BCUT2D eigenvalue weighted by Gasteiger charge is -2.28. The van der Waals surface area contributed by atoms with E-state index in [4.69, 9.17) is 4.98 Å². The van der Waals surface area contributed by atoms with E-state index >= 15 is 0 Å². The van der Waals surface area contributed by atoms with Crippen molar-refractivity contribution in [2.24, 2.45) is 0 Å². The molecule has 0 saturated carbocycles. The maximum Gasteiger partial charge on any atom is 0.151 e. The molecular formula is C17H20N2O. The minimum atomic E-state index is 0.843. The molecule has 0 fully saturated rings. The van der Waals surface area contributed by atoms with Crippen molar-refractivity contribution in [3.63, 3.8) is 0 Å². The summed E-state index contributed by atoms with van der Waals surface area (Å²) in [6.45, 7) is 9.20. The van der Waals surface area contributed by atoms with E-state index in [-0.39, 0.29) is 0 Å². The third-order valence-electron chi connectivity index (χ3n) is 4.27. The first kappa shape index (κ1) is 13.3. The number of nitrogens with zero attached hydrogens (tertiary/aromatic N) is 2. The summed E-state index contributed by atoms with van der Waals surface area (Å²) in [7, 11) is 0. The first-order valence-corrected chi connectivity index (χ1v) is 7.24. The molecule has 1 aliphatic heterocycles. The fraction of sp³-hybridized carbons (Fsp3) is 0.412. The van der Waals surface area contributed by atoms with E-state index < -0.39 is 0 Å². The first-order chi connectivity index (χ1) is 9.63. The summed E-state index contributed by atoms with van der Waals surface area (Å²) >= 11 is 0. The van der Waals surface area contributed by atoms with Crippen LogP contribution in [-0.4, -0.2) is 29.3 Å². The van der Waals surface area contributed by atoms with Crippen LogP contribution in [0.25, 0.3) is 10.9 Å². The van der Waals surface area contributed by atoms with Crippen molar-refractivity contribution >= 4 is 17.2 Å². The highest BCUT2D eigenvalue weighted by Gasteiger charge is 2.22. The van der Waals surface area contributed by atoms with E-state index in [0.717, 1.165) is 65.6 Å². The zero-order valence-electron chi connectivity index (χ0n) is 12.4. The van der Waals surface area contributed by atoms with Crippen molar-refractivity contribution in [1.82, 2.24) is 9.88 Å². The van der Waals surface area contributed by atoms with E-state index in [1.807, 2.05) is 0 Å². The van der Waals surface area contributed by atoms with Gasteiger partial charge in [0.25, 0.3) is 0 Å². The van der Waals surface area contributed by atoms with E-state index in [1.54, 1.807) is 0 Å². The normalized spacial score (nSPS) is 15.3. The Hall–Kier alpha value is -1.74. The lowest BCUT2D eigenvalue weighted by Crippen LogP contribution is -2.31.